The first-order chi connectivity index (χ1) is 19.8. The molecular weight excluding hydrogens is 488 g/mol. The van der Waals surface area contributed by atoms with E-state index >= 15 is 0 Å². The Hall–Kier alpha value is -5.59. The van der Waals surface area contributed by atoms with Crippen LogP contribution in [0.4, 0.5) is 17.1 Å². The van der Waals surface area contributed by atoms with Gasteiger partial charge in [0.05, 0.1) is 28.7 Å². The average molecular weight is 511 g/mol. The summed E-state index contributed by atoms with van der Waals surface area (Å²) in [5, 5.41) is 16.9. The number of nitriles is 1. The average Bonchev–Trinajstić information content (AvgIpc) is 3.02. The maximum absolute atomic E-state index is 10.1. The molecule has 3 heteroatoms. The number of hydrogen-bond acceptors (Lipinski definition) is 3. The van der Waals surface area contributed by atoms with Crippen LogP contribution in [-0.4, -0.2) is 0 Å². The van der Waals surface area contributed by atoms with Crippen LogP contribution in [0.1, 0.15) is 5.56 Å². The number of anilines is 3. The van der Waals surface area contributed by atoms with E-state index < -0.39 is 0 Å². The summed E-state index contributed by atoms with van der Waals surface area (Å²) in [5.41, 5.74) is 5.76. The highest BCUT2D eigenvalue weighted by Gasteiger charge is 2.29. The molecule has 0 N–H and O–H groups in total. The van der Waals surface area contributed by atoms with Crippen LogP contribution in [0.25, 0.3) is 43.4 Å². The van der Waals surface area contributed by atoms with Gasteiger partial charge in [0.15, 0.2) is 11.5 Å². The molecule has 0 saturated heterocycles. The number of rotatable bonds is 2. The fourth-order valence-electron chi connectivity index (χ4n) is 6.12. The minimum atomic E-state index is 0.664. The zero-order valence-corrected chi connectivity index (χ0v) is 21.5. The largest absolute Gasteiger partial charge is 0.453 e. The fourth-order valence-corrected chi connectivity index (χ4v) is 6.12. The molecule has 0 saturated carbocycles. The van der Waals surface area contributed by atoms with Crippen molar-refractivity contribution in [3.05, 3.63) is 139 Å². The summed E-state index contributed by atoms with van der Waals surface area (Å²) in [6.07, 6.45) is 0. The lowest BCUT2D eigenvalue weighted by Crippen LogP contribution is -2.16. The van der Waals surface area contributed by atoms with Crippen LogP contribution in [0.3, 0.4) is 0 Å². The third kappa shape index (κ3) is 3.24. The lowest BCUT2D eigenvalue weighted by molar-refractivity contribution is 0.477. The lowest BCUT2D eigenvalue weighted by Gasteiger charge is -2.35. The molecule has 0 bridgehead atoms. The summed E-state index contributed by atoms with van der Waals surface area (Å²) in [5.74, 6) is 1.64. The van der Waals surface area contributed by atoms with E-state index in [4.69, 9.17) is 4.74 Å². The molecule has 8 rings (SSSR count). The molecule has 1 aliphatic rings. The maximum atomic E-state index is 10.1. The minimum absolute atomic E-state index is 0.664. The highest BCUT2D eigenvalue weighted by Crippen LogP contribution is 2.55. The van der Waals surface area contributed by atoms with Crippen molar-refractivity contribution in [2.75, 3.05) is 4.90 Å². The van der Waals surface area contributed by atoms with E-state index in [0.717, 1.165) is 66.6 Å². The van der Waals surface area contributed by atoms with Crippen LogP contribution in [0.5, 0.6) is 11.5 Å². The van der Waals surface area contributed by atoms with Crippen molar-refractivity contribution < 1.29 is 4.74 Å². The number of fused-ring (bicyclic) bond motifs is 5. The Morgan fingerprint density at radius 2 is 1.07 bits per heavy atom. The highest BCUT2D eigenvalue weighted by molar-refractivity contribution is 6.25. The third-order valence-corrected chi connectivity index (χ3v) is 7.83. The predicted octanol–water partition coefficient (Wildman–Crippen LogP) is 10.3. The zero-order valence-electron chi connectivity index (χ0n) is 21.5. The van der Waals surface area contributed by atoms with Gasteiger partial charge in [-0.2, -0.15) is 5.26 Å². The molecule has 0 atom stereocenters. The van der Waals surface area contributed by atoms with Gasteiger partial charge in [0.2, 0.25) is 0 Å². The van der Waals surface area contributed by atoms with Crippen LogP contribution in [-0.2, 0) is 0 Å². The van der Waals surface area contributed by atoms with Gasteiger partial charge in [0.1, 0.15) is 0 Å². The number of para-hydroxylation sites is 4. The normalized spacial score (nSPS) is 12.1. The summed E-state index contributed by atoms with van der Waals surface area (Å²) in [7, 11) is 0. The van der Waals surface area contributed by atoms with E-state index in [1.165, 1.54) is 5.39 Å². The molecule has 40 heavy (non-hydrogen) atoms. The van der Waals surface area contributed by atoms with Gasteiger partial charge in [0.25, 0.3) is 0 Å². The second-order valence-corrected chi connectivity index (χ2v) is 10.0. The minimum Gasteiger partial charge on any atom is -0.453 e. The van der Waals surface area contributed by atoms with Crippen molar-refractivity contribution in [3.63, 3.8) is 0 Å². The Morgan fingerprint density at radius 1 is 0.525 bits per heavy atom. The first kappa shape index (κ1) is 22.4. The summed E-state index contributed by atoms with van der Waals surface area (Å²) in [6, 6.07) is 48.4. The van der Waals surface area contributed by atoms with E-state index in [0.29, 0.717) is 5.56 Å². The number of hydrogen-bond donors (Lipinski definition) is 0. The molecule has 3 nitrogen and oxygen atoms in total. The molecule has 1 heterocycles. The van der Waals surface area contributed by atoms with E-state index in [-0.39, 0.29) is 0 Å². The van der Waals surface area contributed by atoms with Crippen molar-refractivity contribution in [1.82, 2.24) is 0 Å². The molecular formula is C37H22N2O. The first-order valence-corrected chi connectivity index (χ1v) is 13.3. The standard InChI is InChI=1S/C37H22N2O/c38-23-26-13-3-4-14-27(26)36-28-15-5-6-16-29(28)37(31-22-25-12-2-1-11-24(25)21-30(31)36)39-32-17-7-9-19-34(32)40-35-20-10-8-18-33(35)39/h1-22H. The van der Waals surface area contributed by atoms with Gasteiger partial charge in [-0.05, 0) is 69.6 Å². The van der Waals surface area contributed by atoms with Gasteiger partial charge in [-0.25, -0.2) is 0 Å². The van der Waals surface area contributed by atoms with Gasteiger partial charge in [-0.15, -0.1) is 0 Å². The van der Waals surface area contributed by atoms with Crippen LogP contribution in [0.2, 0.25) is 0 Å². The maximum Gasteiger partial charge on any atom is 0.151 e. The third-order valence-electron chi connectivity index (χ3n) is 7.83. The van der Waals surface area contributed by atoms with Crippen molar-refractivity contribution in [1.29, 1.82) is 5.26 Å². The molecule has 0 radical (unpaired) electrons. The smallest absolute Gasteiger partial charge is 0.151 e. The molecule has 0 spiro atoms. The molecule has 0 aliphatic carbocycles. The van der Waals surface area contributed by atoms with Gasteiger partial charge < -0.3 is 9.64 Å². The Kier molecular flexibility index (Phi) is 4.89. The second kappa shape index (κ2) is 8.73. The molecule has 0 aromatic heterocycles. The van der Waals surface area contributed by atoms with E-state index in [1.54, 1.807) is 0 Å². The van der Waals surface area contributed by atoms with Crippen LogP contribution in [0.15, 0.2) is 133 Å². The van der Waals surface area contributed by atoms with Crippen LogP contribution < -0.4 is 9.64 Å². The topological polar surface area (TPSA) is 36.3 Å². The molecule has 0 unspecified atom stereocenters. The molecule has 186 valence electrons. The molecule has 7 aromatic rings. The first-order valence-electron chi connectivity index (χ1n) is 13.3. The predicted molar refractivity (Wildman–Crippen MR) is 164 cm³/mol. The number of nitrogens with zero attached hydrogens (tertiary/aromatic N) is 2. The summed E-state index contributed by atoms with van der Waals surface area (Å²) < 4.78 is 6.37. The monoisotopic (exact) mass is 510 g/mol. The van der Waals surface area contributed by atoms with Gasteiger partial charge >= 0.3 is 0 Å². The summed E-state index contributed by atoms with van der Waals surface area (Å²) >= 11 is 0. The van der Waals surface area contributed by atoms with Crippen molar-refractivity contribution >= 4 is 49.4 Å². The number of benzene rings is 7. The summed E-state index contributed by atoms with van der Waals surface area (Å²) in [6.45, 7) is 0. The molecule has 7 aromatic carbocycles. The zero-order chi connectivity index (χ0) is 26.6. The van der Waals surface area contributed by atoms with Crippen molar-refractivity contribution in [2.24, 2.45) is 0 Å². The van der Waals surface area contributed by atoms with E-state index in [1.807, 2.05) is 42.5 Å². The van der Waals surface area contributed by atoms with Gasteiger partial charge in [-0.3, -0.25) is 0 Å². The van der Waals surface area contributed by atoms with Crippen LogP contribution >= 0.6 is 0 Å². The lowest BCUT2D eigenvalue weighted by atomic mass is 9.87. The second-order valence-electron chi connectivity index (χ2n) is 10.0. The highest BCUT2D eigenvalue weighted by atomic mass is 16.5. The Balaban J connectivity index is 1.61. The SMILES string of the molecule is N#Cc1ccccc1-c1c2ccccc2c(N2c3ccccc3Oc3ccccc32)c2cc3ccccc3cc12. The Morgan fingerprint density at radius 3 is 1.77 bits per heavy atom. The van der Waals surface area contributed by atoms with Crippen molar-refractivity contribution in [2.45, 2.75) is 0 Å². The van der Waals surface area contributed by atoms with Gasteiger partial charge in [-0.1, -0.05) is 91.0 Å². The Bertz CT molecular complexity index is 2130. The molecule has 1 aliphatic heterocycles. The van der Waals surface area contributed by atoms with Crippen LogP contribution in [0, 0.1) is 11.3 Å². The molecule has 0 fully saturated rings. The fraction of sp³-hybridized carbons (Fsp3) is 0. The van der Waals surface area contributed by atoms with Crippen molar-refractivity contribution in [3.8, 4) is 28.7 Å². The summed E-state index contributed by atoms with van der Waals surface area (Å²) in [4.78, 5) is 2.34. The number of ether oxygens (including phenoxy) is 1. The van der Waals surface area contributed by atoms with Gasteiger partial charge in [0, 0.05) is 16.3 Å². The Labute approximate surface area is 231 Å². The quantitative estimate of drug-likeness (QED) is 0.217. The van der Waals surface area contributed by atoms with E-state index in [9.17, 15) is 5.26 Å². The van der Waals surface area contributed by atoms with E-state index in [2.05, 4.69) is 102 Å². The molecule has 0 amide bonds.